The van der Waals surface area contributed by atoms with E-state index >= 15 is 0 Å². The van der Waals surface area contributed by atoms with Crippen molar-refractivity contribution in [2.45, 2.75) is 17.1 Å². The molecule has 1 aromatic heterocycles. The van der Waals surface area contributed by atoms with Crippen LogP contribution >= 0.6 is 0 Å². The highest BCUT2D eigenvalue weighted by atomic mass is 32.2. The summed E-state index contributed by atoms with van der Waals surface area (Å²) in [6.07, 6.45) is 6.18. The summed E-state index contributed by atoms with van der Waals surface area (Å²) in [5, 5.41) is 1.77. The smallest absolute Gasteiger partial charge is 0.244 e. The number of carbonyl (C=O) groups excluding carboxylic acids is 1. The van der Waals surface area contributed by atoms with Crippen LogP contribution in [0.2, 0.25) is 0 Å². The first-order valence-electron chi connectivity index (χ1n) is 9.18. The van der Waals surface area contributed by atoms with Crippen molar-refractivity contribution in [2.75, 3.05) is 6.54 Å². The molecule has 0 aliphatic rings. The van der Waals surface area contributed by atoms with Crippen LogP contribution < -0.4 is 5.32 Å². The summed E-state index contributed by atoms with van der Waals surface area (Å²) in [5.41, 5.74) is 2.39. The summed E-state index contributed by atoms with van der Waals surface area (Å²) in [4.78, 5) is 16.5. The Morgan fingerprint density at radius 1 is 1.03 bits per heavy atom. The van der Waals surface area contributed by atoms with E-state index in [1.54, 1.807) is 48.7 Å². The van der Waals surface area contributed by atoms with Crippen molar-refractivity contribution in [1.82, 2.24) is 10.3 Å². The molecule has 3 aromatic rings. The number of pyridine rings is 1. The van der Waals surface area contributed by atoms with Crippen molar-refractivity contribution in [3.63, 3.8) is 0 Å². The fraction of sp³-hybridized carbons (Fsp3) is 0.130. The largest absolute Gasteiger partial charge is 0.351 e. The molecule has 0 radical (unpaired) electrons. The molecule has 1 heterocycles. The number of nitrogens with one attached hydrogen (secondary N) is 1. The molecular weight excluding hydrogens is 384 g/mol. The third-order valence-electron chi connectivity index (χ3n) is 4.47. The normalized spacial score (nSPS) is 12.6. The molecule has 1 unspecified atom stereocenters. The van der Waals surface area contributed by atoms with Crippen LogP contribution in [-0.4, -0.2) is 25.9 Å². The number of hydrogen-bond donors (Lipinski definition) is 1. The Morgan fingerprint density at radius 2 is 1.76 bits per heavy atom. The first kappa shape index (κ1) is 20.5. The van der Waals surface area contributed by atoms with E-state index in [0.717, 1.165) is 11.1 Å². The average Bonchev–Trinajstić information content (AvgIpc) is 2.74. The highest BCUT2D eigenvalue weighted by molar-refractivity contribution is 7.91. The van der Waals surface area contributed by atoms with E-state index in [9.17, 15) is 13.2 Å². The Labute approximate surface area is 171 Å². The van der Waals surface area contributed by atoms with E-state index in [4.69, 9.17) is 0 Å². The molecule has 0 bridgehead atoms. The van der Waals surface area contributed by atoms with E-state index < -0.39 is 15.1 Å². The van der Waals surface area contributed by atoms with Crippen LogP contribution in [0.15, 0.2) is 90.1 Å². The molecule has 0 saturated heterocycles. The van der Waals surface area contributed by atoms with Crippen LogP contribution in [0.3, 0.4) is 0 Å². The number of aromatic nitrogens is 1. The predicted molar refractivity (Wildman–Crippen MR) is 114 cm³/mol. The van der Waals surface area contributed by atoms with Gasteiger partial charge >= 0.3 is 0 Å². The van der Waals surface area contributed by atoms with Gasteiger partial charge in [-0.05, 0) is 42.3 Å². The number of amides is 1. The number of aryl methyl sites for hydroxylation is 1. The molecule has 6 heteroatoms. The van der Waals surface area contributed by atoms with Gasteiger partial charge in [0.1, 0.15) is 5.25 Å². The number of hydrogen-bond acceptors (Lipinski definition) is 4. The fourth-order valence-corrected chi connectivity index (χ4v) is 4.50. The van der Waals surface area contributed by atoms with Crippen molar-refractivity contribution >= 4 is 21.8 Å². The number of benzene rings is 2. The standard InChI is InChI=1S/C23H22N2O3S/c1-18-9-12-21(13-10-18)29(27,28)22(20-8-5-15-24-16-20)17-25-23(26)14-11-19-6-3-2-4-7-19/h2-16,22H,17H2,1H3,(H,25,26)/b14-11+. The monoisotopic (exact) mass is 406 g/mol. The van der Waals surface area contributed by atoms with E-state index in [1.165, 1.54) is 12.3 Å². The van der Waals surface area contributed by atoms with Crippen LogP contribution in [0, 0.1) is 6.92 Å². The van der Waals surface area contributed by atoms with Crippen molar-refractivity contribution in [2.24, 2.45) is 0 Å². The van der Waals surface area contributed by atoms with E-state index in [-0.39, 0.29) is 17.3 Å². The number of sulfone groups is 1. The van der Waals surface area contributed by atoms with Gasteiger partial charge in [-0.2, -0.15) is 0 Å². The summed E-state index contributed by atoms with van der Waals surface area (Å²) in [7, 11) is -3.71. The second kappa shape index (κ2) is 9.30. The Kier molecular flexibility index (Phi) is 6.57. The Bertz CT molecular complexity index is 1080. The summed E-state index contributed by atoms with van der Waals surface area (Å²) in [6.45, 7) is 1.84. The molecule has 5 nitrogen and oxygen atoms in total. The van der Waals surface area contributed by atoms with Crippen molar-refractivity contribution in [3.8, 4) is 0 Å². The van der Waals surface area contributed by atoms with E-state index in [2.05, 4.69) is 10.3 Å². The van der Waals surface area contributed by atoms with Gasteiger partial charge in [-0.3, -0.25) is 9.78 Å². The molecule has 0 saturated carbocycles. The SMILES string of the molecule is Cc1ccc(S(=O)(=O)C(CNC(=O)/C=C/c2ccccc2)c2cccnc2)cc1. The molecule has 1 amide bonds. The van der Waals surface area contributed by atoms with Crippen molar-refractivity contribution in [1.29, 1.82) is 0 Å². The van der Waals surface area contributed by atoms with Gasteiger partial charge in [-0.1, -0.05) is 54.1 Å². The summed E-state index contributed by atoms with van der Waals surface area (Å²) in [6, 6.07) is 19.5. The fourth-order valence-electron chi connectivity index (χ4n) is 2.85. The van der Waals surface area contributed by atoms with Crippen molar-refractivity contribution < 1.29 is 13.2 Å². The molecule has 0 spiro atoms. The lowest BCUT2D eigenvalue weighted by Crippen LogP contribution is -2.31. The molecule has 1 atom stereocenters. The number of carbonyl (C=O) groups is 1. The maximum atomic E-state index is 13.2. The van der Waals surface area contributed by atoms with Gasteiger partial charge in [0.15, 0.2) is 9.84 Å². The van der Waals surface area contributed by atoms with Gasteiger partial charge in [0.2, 0.25) is 5.91 Å². The minimum atomic E-state index is -3.71. The Morgan fingerprint density at radius 3 is 2.41 bits per heavy atom. The summed E-state index contributed by atoms with van der Waals surface area (Å²) >= 11 is 0. The topological polar surface area (TPSA) is 76.1 Å². The van der Waals surface area contributed by atoms with Crippen LogP contribution in [-0.2, 0) is 14.6 Å². The van der Waals surface area contributed by atoms with Gasteiger partial charge in [0, 0.05) is 25.0 Å². The van der Waals surface area contributed by atoms with Crippen LogP contribution in [0.1, 0.15) is 21.9 Å². The van der Waals surface area contributed by atoms with Gasteiger partial charge in [0.25, 0.3) is 0 Å². The average molecular weight is 407 g/mol. The van der Waals surface area contributed by atoms with Gasteiger partial charge in [-0.15, -0.1) is 0 Å². The zero-order valence-electron chi connectivity index (χ0n) is 16.0. The lowest BCUT2D eigenvalue weighted by atomic mass is 10.2. The summed E-state index contributed by atoms with van der Waals surface area (Å²) < 4.78 is 26.5. The zero-order valence-corrected chi connectivity index (χ0v) is 16.8. The maximum Gasteiger partial charge on any atom is 0.244 e. The minimum absolute atomic E-state index is 0.0557. The molecule has 148 valence electrons. The first-order chi connectivity index (χ1) is 14.0. The van der Waals surface area contributed by atoms with Crippen molar-refractivity contribution in [3.05, 3.63) is 102 Å². The lowest BCUT2D eigenvalue weighted by Gasteiger charge is -2.18. The predicted octanol–water partition coefficient (Wildman–Crippen LogP) is 3.73. The Balaban J connectivity index is 1.80. The lowest BCUT2D eigenvalue weighted by molar-refractivity contribution is -0.116. The van der Waals surface area contributed by atoms with Crippen LogP contribution in [0.25, 0.3) is 6.08 Å². The second-order valence-corrected chi connectivity index (χ2v) is 8.75. The minimum Gasteiger partial charge on any atom is -0.351 e. The second-order valence-electron chi connectivity index (χ2n) is 6.62. The third kappa shape index (κ3) is 5.39. The van der Waals surface area contributed by atoms with E-state index in [0.29, 0.717) is 5.56 Å². The molecule has 29 heavy (non-hydrogen) atoms. The third-order valence-corrected chi connectivity index (χ3v) is 6.59. The summed E-state index contributed by atoms with van der Waals surface area (Å²) in [5.74, 6) is -0.359. The molecule has 0 aliphatic heterocycles. The molecule has 2 aromatic carbocycles. The zero-order chi connectivity index (χ0) is 20.7. The number of rotatable bonds is 7. The van der Waals surface area contributed by atoms with Crippen LogP contribution in [0.5, 0.6) is 0 Å². The first-order valence-corrected chi connectivity index (χ1v) is 10.7. The molecule has 1 N–H and O–H groups in total. The molecule has 0 fully saturated rings. The highest BCUT2D eigenvalue weighted by Crippen LogP contribution is 2.28. The highest BCUT2D eigenvalue weighted by Gasteiger charge is 2.29. The van der Waals surface area contributed by atoms with Gasteiger partial charge in [-0.25, -0.2) is 8.42 Å². The van der Waals surface area contributed by atoms with Gasteiger partial charge in [0.05, 0.1) is 4.90 Å². The quantitative estimate of drug-likeness (QED) is 0.607. The van der Waals surface area contributed by atoms with Gasteiger partial charge < -0.3 is 5.32 Å². The van der Waals surface area contributed by atoms with Crippen LogP contribution in [0.4, 0.5) is 0 Å². The number of nitrogens with zero attached hydrogens (tertiary/aromatic N) is 1. The molecular formula is C23H22N2O3S. The maximum absolute atomic E-state index is 13.2. The molecule has 0 aliphatic carbocycles. The van der Waals surface area contributed by atoms with E-state index in [1.807, 2.05) is 37.3 Å². The molecule has 3 rings (SSSR count). The Hall–Kier alpha value is -3.25.